The van der Waals surface area contributed by atoms with Crippen LogP contribution in [0.2, 0.25) is 0 Å². The highest BCUT2D eigenvalue weighted by atomic mass is 16.7. The van der Waals surface area contributed by atoms with Crippen molar-refractivity contribution in [1.29, 1.82) is 5.26 Å². The van der Waals surface area contributed by atoms with Gasteiger partial charge in [0.1, 0.15) is 30.6 Å². The van der Waals surface area contributed by atoms with E-state index in [2.05, 4.69) is 10.2 Å². The Morgan fingerprint density at radius 2 is 1.82 bits per heavy atom. The fraction of sp³-hybridized carbons (Fsp3) is 0.533. The lowest BCUT2D eigenvalue weighted by molar-refractivity contribution is -0.386. The molecule has 1 aromatic heterocycles. The Balaban J connectivity index is 2.49. The Morgan fingerprint density at radius 1 is 1.21 bits per heavy atom. The van der Waals surface area contributed by atoms with E-state index in [4.69, 9.17) is 24.2 Å². The fourth-order valence-electron chi connectivity index (χ4n) is 2.76. The Hall–Kier alpha value is -3.53. The fourth-order valence-corrected chi connectivity index (χ4v) is 2.76. The molecule has 28 heavy (non-hydrogen) atoms. The number of ether oxygens (including phenoxy) is 4. The number of esters is 3. The van der Waals surface area contributed by atoms with Crippen LogP contribution in [-0.4, -0.2) is 57.9 Å². The van der Waals surface area contributed by atoms with E-state index in [1.54, 1.807) is 6.07 Å². The van der Waals surface area contributed by atoms with Gasteiger partial charge in [0.2, 0.25) is 5.69 Å². The number of carbonyl (C=O) groups is 3. The second kappa shape index (κ2) is 8.44. The number of rotatable bonds is 6. The van der Waals surface area contributed by atoms with Crippen LogP contribution in [0.4, 0.5) is 5.69 Å². The molecular weight excluding hydrogens is 380 g/mol. The van der Waals surface area contributed by atoms with Gasteiger partial charge in [-0.1, -0.05) is 0 Å². The number of H-pyrrole nitrogens is 1. The number of hydrogen-bond acceptors (Lipinski definition) is 11. The molecule has 13 nitrogen and oxygen atoms in total. The van der Waals surface area contributed by atoms with E-state index >= 15 is 0 Å². The van der Waals surface area contributed by atoms with Gasteiger partial charge in [0.05, 0.1) is 4.92 Å². The van der Waals surface area contributed by atoms with Gasteiger partial charge in [0.15, 0.2) is 12.2 Å². The molecule has 0 unspecified atom stereocenters. The number of nitrogens with one attached hydrogen (secondary N) is 1. The summed E-state index contributed by atoms with van der Waals surface area (Å²) in [7, 11) is 0. The smallest absolute Gasteiger partial charge is 0.330 e. The van der Waals surface area contributed by atoms with Gasteiger partial charge in [0, 0.05) is 20.8 Å². The average molecular weight is 396 g/mol. The zero-order valence-corrected chi connectivity index (χ0v) is 15.0. The van der Waals surface area contributed by atoms with Crippen LogP contribution >= 0.6 is 0 Å². The predicted molar refractivity (Wildman–Crippen MR) is 85.3 cm³/mol. The van der Waals surface area contributed by atoms with Crippen LogP contribution in [0, 0.1) is 21.4 Å². The number of nitro groups is 1. The quantitative estimate of drug-likeness (QED) is 0.296. The van der Waals surface area contributed by atoms with Gasteiger partial charge < -0.3 is 18.9 Å². The van der Waals surface area contributed by atoms with E-state index in [-0.39, 0.29) is 12.3 Å². The van der Waals surface area contributed by atoms with Crippen LogP contribution in [0.3, 0.4) is 0 Å². The Bertz CT molecular complexity index is 843. The summed E-state index contributed by atoms with van der Waals surface area (Å²) < 4.78 is 20.9. The molecule has 1 aliphatic heterocycles. The molecule has 1 aliphatic rings. The van der Waals surface area contributed by atoms with Crippen LogP contribution in [-0.2, 0) is 33.3 Å². The molecule has 0 spiro atoms. The molecule has 1 fully saturated rings. The number of nitrogens with zero attached hydrogens (tertiary/aromatic N) is 3. The van der Waals surface area contributed by atoms with E-state index in [1.807, 2.05) is 0 Å². The summed E-state index contributed by atoms with van der Waals surface area (Å²) in [5, 5.41) is 26.3. The first-order chi connectivity index (χ1) is 13.1. The average Bonchev–Trinajstić information content (AvgIpc) is 3.14. The molecule has 2 rings (SSSR count). The van der Waals surface area contributed by atoms with Gasteiger partial charge in [-0.2, -0.15) is 10.4 Å². The van der Waals surface area contributed by atoms with Crippen molar-refractivity contribution in [2.45, 2.75) is 45.2 Å². The monoisotopic (exact) mass is 396 g/mol. The molecular formula is C15H16N4O9. The molecule has 4 atom stereocenters. The highest BCUT2D eigenvalue weighted by molar-refractivity contribution is 5.68. The second-order valence-electron chi connectivity index (χ2n) is 5.75. The Kier molecular flexibility index (Phi) is 6.26. The summed E-state index contributed by atoms with van der Waals surface area (Å²) in [6.45, 7) is 2.97. The summed E-state index contributed by atoms with van der Waals surface area (Å²) in [5.74, 6) is -2.15. The van der Waals surface area contributed by atoms with Crippen LogP contribution in [0.1, 0.15) is 38.3 Å². The van der Waals surface area contributed by atoms with Gasteiger partial charge in [-0.3, -0.25) is 29.6 Å². The SMILES string of the molecule is CC(=O)OC[C@H]1O[C@@H](c2[nH]nc(C#N)c2[N+](=O)[O-])[C@H](OC(C)=O)[C@@H]1OC(C)=O. The molecule has 150 valence electrons. The molecule has 0 aromatic carbocycles. The van der Waals surface area contributed by atoms with Crippen molar-refractivity contribution in [2.75, 3.05) is 6.61 Å². The lowest BCUT2D eigenvalue weighted by Crippen LogP contribution is -2.40. The van der Waals surface area contributed by atoms with E-state index in [0.717, 1.165) is 20.8 Å². The standard InChI is InChI=1S/C15H16N4O9/c1-6(20)25-5-10-13(26-7(2)21)15(27-8(3)22)14(28-10)11-12(19(23)24)9(4-16)17-18-11/h10,13-15H,5H2,1-3H3,(H,17,18)/t10-,13-,14+,15-/m1/s1. The van der Waals surface area contributed by atoms with Gasteiger partial charge >= 0.3 is 23.6 Å². The lowest BCUT2D eigenvalue weighted by Gasteiger charge is -2.22. The van der Waals surface area contributed by atoms with Crippen molar-refractivity contribution in [3.63, 3.8) is 0 Å². The summed E-state index contributed by atoms with van der Waals surface area (Å²) in [6, 6.07) is 1.57. The number of hydrogen-bond donors (Lipinski definition) is 1. The van der Waals surface area contributed by atoms with Crippen LogP contribution < -0.4 is 0 Å². The molecule has 0 amide bonds. The maximum atomic E-state index is 11.5. The molecule has 0 radical (unpaired) electrons. The van der Waals surface area contributed by atoms with Crippen molar-refractivity contribution in [3.8, 4) is 6.07 Å². The minimum absolute atomic E-state index is 0.254. The summed E-state index contributed by atoms with van der Waals surface area (Å²) >= 11 is 0. The first-order valence-corrected chi connectivity index (χ1v) is 7.91. The third-order valence-corrected chi connectivity index (χ3v) is 3.71. The van der Waals surface area contributed by atoms with Crippen molar-refractivity contribution < 1.29 is 38.3 Å². The number of aromatic nitrogens is 2. The third-order valence-electron chi connectivity index (χ3n) is 3.71. The first-order valence-electron chi connectivity index (χ1n) is 7.91. The first kappa shape index (κ1) is 20.8. The largest absolute Gasteiger partial charge is 0.463 e. The van der Waals surface area contributed by atoms with Crippen LogP contribution in [0.15, 0.2) is 0 Å². The Labute approximate surface area is 157 Å². The zero-order chi connectivity index (χ0) is 21.0. The molecule has 0 aliphatic carbocycles. The number of nitriles is 1. The summed E-state index contributed by atoms with van der Waals surface area (Å²) in [5.41, 5.74) is -1.42. The minimum atomic E-state index is -1.33. The molecule has 1 aromatic rings. The van der Waals surface area contributed by atoms with E-state index in [0.29, 0.717) is 0 Å². The third kappa shape index (κ3) is 4.41. The van der Waals surface area contributed by atoms with Gasteiger partial charge in [0.25, 0.3) is 0 Å². The molecule has 13 heteroatoms. The van der Waals surface area contributed by atoms with Crippen molar-refractivity contribution in [1.82, 2.24) is 10.2 Å². The highest BCUT2D eigenvalue weighted by Crippen LogP contribution is 2.41. The number of aromatic amines is 1. The maximum Gasteiger partial charge on any atom is 0.330 e. The summed E-state index contributed by atoms with van der Waals surface area (Å²) in [4.78, 5) is 44.7. The Morgan fingerprint density at radius 3 is 2.32 bits per heavy atom. The van der Waals surface area contributed by atoms with Crippen LogP contribution in [0.5, 0.6) is 0 Å². The normalized spacial score (nSPS) is 23.5. The predicted octanol–water partition coefficient (Wildman–Crippen LogP) is 0.0560. The van der Waals surface area contributed by atoms with E-state index in [1.165, 1.54) is 0 Å². The van der Waals surface area contributed by atoms with Crippen molar-refractivity contribution >= 4 is 23.6 Å². The van der Waals surface area contributed by atoms with Gasteiger partial charge in [-0.25, -0.2) is 0 Å². The van der Waals surface area contributed by atoms with Gasteiger partial charge in [-0.15, -0.1) is 0 Å². The topological polar surface area (TPSA) is 184 Å². The second-order valence-corrected chi connectivity index (χ2v) is 5.75. The van der Waals surface area contributed by atoms with Crippen molar-refractivity contribution in [3.05, 3.63) is 21.5 Å². The van der Waals surface area contributed by atoms with Crippen LogP contribution in [0.25, 0.3) is 0 Å². The van der Waals surface area contributed by atoms with E-state index < -0.39 is 58.6 Å². The number of carbonyl (C=O) groups excluding carboxylic acids is 3. The molecule has 0 saturated carbocycles. The highest BCUT2D eigenvalue weighted by Gasteiger charge is 2.53. The van der Waals surface area contributed by atoms with E-state index in [9.17, 15) is 24.5 Å². The zero-order valence-electron chi connectivity index (χ0n) is 15.0. The summed E-state index contributed by atoms with van der Waals surface area (Å²) in [6.07, 6.45) is -4.95. The molecule has 0 bridgehead atoms. The molecule has 2 heterocycles. The molecule has 1 saturated heterocycles. The van der Waals surface area contributed by atoms with Gasteiger partial charge in [-0.05, 0) is 0 Å². The van der Waals surface area contributed by atoms with Crippen molar-refractivity contribution in [2.24, 2.45) is 0 Å². The lowest BCUT2D eigenvalue weighted by atomic mass is 10.0. The maximum absolute atomic E-state index is 11.5. The minimum Gasteiger partial charge on any atom is -0.463 e. The molecule has 1 N–H and O–H groups in total.